The minimum atomic E-state index is -1.49. The third-order valence-electron chi connectivity index (χ3n) is 6.69. The van der Waals surface area contributed by atoms with Crippen LogP contribution in [0.5, 0.6) is 0 Å². The molecule has 0 radical (unpaired) electrons. The van der Waals surface area contributed by atoms with Gasteiger partial charge in [0.25, 0.3) is 0 Å². The fourth-order valence-corrected chi connectivity index (χ4v) is 4.01. The summed E-state index contributed by atoms with van der Waals surface area (Å²) in [6, 6.07) is 18.7. The van der Waals surface area contributed by atoms with E-state index in [0.717, 1.165) is 16.7 Å². The van der Waals surface area contributed by atoms with Gasteiger partial charge in [-0.3, -0.25) is 0 Å². The molecule has 0 saturated carbocycles. The minimum Gasteiger partial charge on any atom is -0.431 e. The first-order valence-corrected chi connectivity index (χ1v) is 14.8. The molecule has 3 aromatic carbocycles. The number of carbonyl (C=O) groups is 6. The molecule has 0 aliphatic carbocycles. The normalized spacial score (nSPS) is 10.5. The quantitative estimate of drug-likeness (QED) is 0.0926. The molecule has 260 valence electrons. The van der Waals surface area contributed by atoms with Gasteiger partial charge in [-0.25, -0.2) is 43.7 Å². The summed E-state index contributed by atoms with van der Waals surface area (Å²) < 4.78 is 15.3. The highest BCUT2D eigenvalue weighted by Crippen LogP contribution is 2.27. The highest BCUT2D eigenvalue weighted by molar-refractivity contribution is 5.90. The topological polar surface area (TPSA) is 185 Å². The molecular weight excluding hydrogens is 648 g/mol. The van der Waals surface area contributed by atoms with Crippen LogP contribution in [-0.2, 0) is 43.5 Å². The Bertz CT molecular complexity index is 1410. The van der Waals surface area contributed by atoms with Crippen molar-refractivity contribution < 1.29 is 72.3 Å². The number of rotatable bonds is 11. The maximum atomic E-state index is 12.3. The Kier molecular flexibility index (Phi) is 13.9. The van der Waals surface area contributed by atoms with Gasteiger partial charge in [0.15, 0.2) is 0 Å². The molecule has 0 N–H and O–H groups in total. The molecule has 0 spiro atoms. The van der Waals surface area contributed by atoms with Crippen LogP contribution in [0.15, 0.2) is 72.8 Å². The second-order valence-electron chi connectivity index (χ2n) is 10.8. The summed E-state index contributed by atoms with van der Waals surface area (Å²) in [5.74, 6) is -2.93. The molecule has 0 amide bonds. The Labute approximate surface area is 280 Å². The number of hydrogen-bond acceptors (Lipinski definition) is 15. The first kappa shape index (κ1) is 37.3. The van der Waals surface area contributed by atoms with E-state index in [1.165, 1.54) is 36.4 Å². The fourth-order valence-electron chi connectivity index (χ4n) is 4.01. The Morgan fingerprint density at radius 3 is 0.959 bits per heavy atom. The zero-order valence-corrected chi connectivity index (χ0v) is 27.1. The lowest BCUT2D eigenvalue weighted by Crippen LogP contribution is -2.40. The first-order chi connectivity index (χ1) is 23.4. The number of carbonyl (C=O) groups excluding carboxylic acids is 6. The van der Waals surface area contributed by atoms with Crippen molar-refractivity contribution in [2.75, 3.05) is 19.8 Å². The molecule has 3 rings (SSSR count). The second-order valence-corrected chi connectivity index (χ2v) is 10.8. The molecule has 0 aliphatic rings. The van der Waals surface area contributed by atoms with E-state index in [9.17, 15) is 28.8 Å². The maximum Gasteiger partial charge on any atom is 0.549 e. The number of hydrogen-bond donors (Lipinski definition) is 0. The molecule has 0 fully saturated rings. The van der Waals surface area contributed by atoms with E-state index >= 15 is 0 Å². The van der Waals surface area contributed by atoms with E-state index in [1.54, 1.807) is 43.3 Å². The molecule has 49 heavy (non-hydrogen) atoms. The third-order valence-corrected chi connectivity index (χ3v) is 6.69. The van der Waals surface area contributed by atoms with Crippen LogP contribution in [0.1, 0.15) is 67.5 Å². The predicted molar refractivity (Wildman–Crippen MR) is 164 cm³/mol. The van der Waals surface area contributed by atoms with Crippen LogP contribution in [0.2, 0.25) is 0 Å². The van der Waals surface area contributed by atoms with E-state index in [1.807, 2.05) is 20.8 Å². The van der Waals surface area contributed by atoms with Crippen LogP contribution in [0.25, 0.3) is 0 Å². The van der Waals surface area contributed by atoms with E-state index in [2.05, 4.69) is 29.3 Å². The van der Waals surface area contributed by atoms with Crippen molar-refractivity contribution in [3.8, 4) is 0 Å². The van der Waals surface area contributed by atoms with Crippen LogP contribution in [0, 0.1) is 26.2 Å². The molecular formula is C34H34O15. The fraction of sp³-hybridized carbons (Fsp3) is 0.294. The van der Waals surface area contributed by atoms with Crippen molar-refractivity contribution in [2.45, 2.75) is 40.5 Å². The highest BCUT2D eigenvalue weighted by Gasteiger charge is 2.37. The molecule has 0 unspecified atom stereocenters. The first-order valence-electron chi connectivity index (χ1n) is 14.8. The summed E-state index contributed by atoms with van der Waals surface area (Å²) in [7, 11) is 0. The second kappa shape index (κ2) is 18.3. The van der Waals surface area contributed by atoms with Crippen LogP contribution in [-0.4, -0.2) is 56.2 Å². The molecule has 0 aliphatic heterocycles. The zero-order valence-electron chi connectivity index (χ0n) is 27.1. The summed E-state index contributed by atoms with van der Waals surface area (Å²) in [4.78, 5) is 100. The SMILES string of the molecule is CCCC(COC(=O)OOC(=O)c1ccc(C)cc1)(COC(=O)OOC(=O)c1ccc(C)cc1)COC(=O)OOC(=O)c1ccc(C)cc1. The average molecular weight is 683 g/mol. The highest BCUT2D eigenvalue weighted by atomic mass is 17.2. The van der Waals surface area contributed by atoms with E-state index < -0.39 is 61.6 Å². The summed E-state index contributed by atoms with van der Waals surface area (Å²) in [6.07, 6.45) is -3.92. The number of ether oxygens (including phenoxy) is 3. The van der Waals surface area contributed by atoms with Crippen LogP contribution >= 0.6 is 0 Å². The smallest absolute Gasteiger partial charge is 0.431 e. The van der Waals surface area contributed by atoms with Crippen molar-refractivity contribution in [2.24, 2.45) is 5.41 Å². The molecule has 3 aromatic rings. The van der Waals surface area contributed by atoms with Crippen molar-refractivity contribution in [3.63, 3.8) is 0 Å². The Balaban J connectivity index is 1.61. The lowest BCUT2D eigenvalue weighted by atomic mass is 9.86. The Hall–Kier alpha value is -6.12. The molecule has 0 atom stereocenters. The molecule has 15 heteroatoms. The lowest BCUT2D eigenvalue weighted by Gasteiger charge is -2.30. The van der Waals surface area contributed by atoms with Gasteiger partial charge in [-0.15, -0.1) is 0 Å². The molecule has 0 aromatic heterocycles. The van der Waals surface area contributed by atoms with Gasteiger partial charge >= 0.3 is 36.4 Å². The average Bonchev–Trinajstić information content (AvgIpc) is 3.10. The van der Waals surface area contributed by atoms with E-state index in [4.69, 9.17) is 14.2 Å². The Morgan fingerprint density at radius 1 is 0.449 bits per heavy atom. The van der Waals surface area contributed by atoms with Crippen molar-refractivity contribution in [1.82, 2.24) is 0 Å². The summed E-state index contributed by atoms with van der Waals surface area (Å²) >= 11 is 0. The number of aryl methyl sites for hydroxylation is 3. The Morgan fingerprint density at radius 2 is 0.714 bits per heavy atom. The van der Waals surface area contributed by atoms with E-state index in [-0.39, 0.29) is 23.1 Å². The van der Waals surface area contributed by atoms with Gasteiger partial charge in [0.1, 0.15) is 19.8 Å². The standard InChI is InChI=1S/C34H34O15/c1-5-18-34(19-41-31(38)47-44-28(35)25-12-6-22(2)7-13-25,20-42-32(39)48-45-29(36)26-14-8-23(3)9-15-26)21-43-33(40)49-46-30(37)27-16-10-24(4)11-17-27/h6-17H,5,18-21H2,1-4H3. The molecule has 0 heterocycles. The number of benzene rings is 3. The van der Waals surface area contributed by atoms with Gasteiger partial charge in [0, 0.05) is 0 Å². The maximum absolute atomic E-state index is 12.3. The van der Waals surface area contributed by atoms with Crippen LogP contribution in [0.4, 0.5) is 14.4 Å². The van der Waals surface area contributed by atoms with Crippen molar-refractivity contribution in [1.29, 1.82) is 0 Å². The van der Waals surface area contributed by atoms with Gasteiger partial charge in [0.05, 0.1) is 22.1 Å². The lowest BCUT2D eigenvalue weighted by molar-refractivity contribution is -0.217. The van der Waals surface area contributed by atoms with E-state index in [0.29, 0.717) is 6.42 Å². The monoisotopic (exact) mass is 682 g/mol. The third kappa shape index (κ3) is 12.5. The molecule has 0 saturated heterocycles. The van der Waals surface area contributed by atoms with Crippen molar-refractivity contribution in [3.05, 3.63) is 106 Å². The van der Waals surface area contributed by atoms with Gasteiger partial charge in [0.2, 0.25) is 0 Å². The van der Waals surface area contributed by atoms with Crippen LogP contribution < -0.4 is 0 Å². The van der Waals surface area contributed by atoms with Gasteiger partial charge in [-0.05, 0) is 63.6 Å². The minimum absolute atomic E-state index is 0.0797. The molecule has 15 nitrogen and oxygen atoms in total. The van der Waals surface area contributed by atoms with Gasteiger partial charge in [-0.1, -0.05) is 66.4 Å². The zero-order chi connectivity index (χ0) is 35.8. The van der Waals surface area contributed by atoms with Gasteiger partial charge in [-0.2, -0.15) is 14.4 Å². The summed E-state index contributed by atoms with van der Waals surface area (Å²) in [5, 5.41) is 0. The van der Waals surface area contributed by atoms with Crippen LogP contribution in [0.3, 0.4) is 0 Å². The van der Waals surface area contributed by atoms with Gasteiger partial charge < -0.3 is 14.2 Å². The summed E-state index contributed by atoms with van der Waals surface area (Å²) in [6.45, 7) is 5.27. The predicted octanol–water partition coefficient (Wildman–Crippen LogP) is 6.47. The molecule has 0 bridgehead atoms. The summed E-state index contributed by atoms with van der Waals surface area (Å²) in [5.41, 5.74) is 1.46. The largest absolute Gasteiger partial charge is 0.549 e. The van der Waals surface area contributed by atoms with Crippen molar-refractivity contribution >= 4 is 36.4 Å².